The molecular weight excluding hydrogens is 277 g/mol. The van der Waals surface area contributed by atoms with E-state index in [1.165, 1.54) is 12.1 Å². The molecule has 0 aromatic heterocycles. The molecule has 3 rings (SSSR count). The van der Waals surface area contributed by atoms with Crippen LogP contribution < -0.4 is 5.73 Å². The largest absolute Gasteiger partial charge is 0.459 e. The highest BCUT2D eigenvalue weighted by Crippen LogP contribution is 2.34. The van der Waals surface area contributed by atoms with Gasteiger partial charge in [0.15, 0.2) is 0 Å². The standard InChI is InChI=1S/C15H18FNO4/c16-10-1-2-13(17)12(7-10)14(18)21-11-3-5-20-15(8-11)4-6-19-9-15/h1-2,7,11H,3-6,8-9,17H2. The molecule has 1 aromatic rings. The number of rotatable bonds is 2. The molecule has 1 spiro atoms. The Morgan fingerprint density at radius 2 is 2.29 bits per heavy atom. The Kier molecular flexibility index (Phi) is 3.82. The van der Waals surface area contributed by atoms with Crippen LogP contribution in [-0.2, 0) is 14.2 Å². The van der Waals surface area contributed by atoms with Crippen molar-refractivity contribution < 1.29 is 23.4 Å². The molecule has 5 nitrogen and oxygen atoms in total. The molecule has 2 heterocycles. The van der Waals surface area contributed by atoms with Gasteiger partial charge in [-0.05, 0) is 18.2 Å². The fraction of sp³-hybridized carbons (Fsp3) is 0.533. The number of nitrogen functional groups attached to an aromatic ring is 1. The molecule has 6 heteroatoms. The van der Waals surface area contributed by atoms with Crippen molar-refractivity contribution in [1.29, 1.82) is 0 Å². The van der Waals surface area contributed by atoms with Crippen LogP contribution in [0.2, 0.25) is 0 Å². The Hall–Kier alpha value is -1.66. The predicted octanol–water partition coefficient (Wildman–Crippen LogP) is 1.90. The second-order valence-electron chi connectivity index (χ2n) is 5.59. The Balaban J connectivity index is 1.68. The van der Waals surface area contributed by atoms with Gasteiger partial charge in [0.2, 0.25) is 0 Å². The molecule has 2 saturated heterocycles. The zero-order valence-electron chi connectivity index (χ0n) is 11.6. The summed E-state index contributed by atoms with van der Waals surface area (Å²) in [6, 6.07) is 3.68. The number of carbonyl (C=O) groups is 1. The summed E-state index contributed by atoms with van der Waals surface area (Å²) >= 11 is 0. The fourth-order valence-electron chi connectivity index (χ4n) is 2.87. The van der Waals surface area contributed by atoms with Gasteiger partial charge < -0.3 is 19.9 Å². The van der Waals surface area contributed by atoms with E-state index in [1.54, 1.807) is 0 Å². The van der Waals surface area contributed by atoms with Crippen molar-refractivity contribution in [2.24, 2.45) is 0 Å². The summed E-state index contributed by atoms with van der Waals surface area (Å²) in [6.45, 7) is 1.72. The molecule has 0 amide bonds. The van der Waals surface area contributed by atoms with E-state index >= 15 is 0 Å². The SMILES string of the molecule is Nc1ccc(F)cc1C(=O)OC1CCOC2(CCOC2)C1. The molecule has 1 aromatic carbocycles. The van der Waals surface area contributed by atoms with Gasteiger partial charge in [-0.3, -0.25) is 0 Å². The summed E-state index contributed by atoms with van der Waals surface area (Å²) in [4.78, 5) is 12.1. The van der Waals surface area contributed by atoms with E-state index < -0.39 is 11.8 Å². The van der Waals surface area contributed by atoms with Gasteiger partial charge in [0.05, 0.1) is 24.4 Å². The Morgan fingerprint density at radius 1 is 1.43 bits per heavy atom. The summed E-state index contributed by atoms with van der Waals surface area (Å²) in [6.07, 6.45) is 1.79. The lowest BCUT2D eigenvalue weighted by atomic mass is 9.91. The summed E-state index contributed by atoms with van der Waals surface area (Å²) in [5.41, 5.74) is 5.65. The molecule has 0 bridgehead atoms. The molecule has 2 aliphatic rings. The van der Waals surface area contributed by atoms with Crippen molar-refractivity contribution in [2.75, 3.05) is 25.6 Å². The average molecular weight is 295 g/mol. The number of hydrogen-bond acceptors (Lipinski definition) is 5. The maximum atomic E-state index is 13.2. The number of anilines is 1. The number of halogens is 1. The van der Waals surface area contributed by atoms with E-state index in [1.807, 2.05) is 0 Å². The van der Waals surface area contributed by atoms with Gasteiger partial charge in [0.25, 0.3) is 0 Å². The van der Waals surface area contributed by atoms with Crippen molar-refractivity contribution in [2.45, 2.75) is 31.0 Å². The molecule has 0 radical (unpaired) electrons. The van der Waals surface area contributed by atoms with E-state index in [9.17, 15) is 9.18 Å². The van der Waals surface area contributed by atoms with Crippen LogP contribution >= 0.6 is 0 Å². The molecule has 0 saturated carbocycles. The normalized spacial score (nSPS) is 28.7. The Labute approximate surface area is 122 Å². The first-order valence-electron chi connectivity index (χ1n) is 7.06. The van der Waals surface area contributed by atoms with E-state index in [4.69, 9.17) is 19.9 Å². The second-order valence-corrected chi connectivity index (χ2v) is 5.59. The molecule has 2 N–H and O–H groups in total. The van der Waals surface area contributed by atoms with E-state index in [0.717, 1.165) is 12.5 Å². The summed E-state index contributed by atoms with van der Waals surface area (Å²) in [5, 5.41) is 0. The number of esters is 1. The van der Waals surface area contributed by atoms with Crippen molar-refractivity contribution in [3.63, 3.8) is 0 Å². The number of carbonyl (C=O) groups excluding carboxylic acids is 1. The van der Waals surface area contributed by atoms with Crippen LogP contribution in [0.15, 0.2) is 18.2 Å². The van der Waals surface area contributed by atoms with E-state index in [2.05, 4.69) is 0 Å². The molecule has 0 aliphatic carbocycles. The molecule has 2 atom stereocenters. The van der Waals surface area contributed by atoms with Gasteiger partial charge in [0.1, 0.15) is 11.9 Å². The van der Waals surface area contributed by atoms with Crippen molar-refractivity contribution in [3.8, 4) is 0 Å². The number of nitrogens with two attached hydrogens (primary N) is 1. The third kappa shape index (κ3) is 3.01. The van der Waals surface area contributed by atoms with Crippen LogP contribution in [0.3, 0.4) is 0 Å². The van der Waals surface area contributed by atoms with Gasteiger partial charge in [0, 0.05) is 31.6 Å². The highest BCUT2D eigenvalue weighted by Gasteiger charge is 2.42. The number of ether oxygens (including phenoxy) is 3. The zero-order valence-corrected chi connectivity index (χ0v) is 11.6. The van der Waals surface area contributed by atoms with Crippen molar-refractivity contribution in [3.05, 3.63) is 29.6 Å². The topological polar surface area (TPSA) is 70.8 Å². The molecular formula is C15H18FNO4. The third-order valence-corrected chi connectivity index (χ3v) is 4.02. The Bertz CT molecular complexity index is 542. The number of hydrogen-bond donors (Lipinski definition) is 1. The third-order valence-electron chi connectivity index (χ3n) is 4.02. The van der Waals surface area contributed by atoms with Gasteiger partial charge in [-0.25, -0.2) is 9.18 Å². The first-order valence-corrected chi connectivity index (χ1v) is 7.06. The van der Waals surface area contributed by atoms with Crippen LogP contribution in [0.5, 0.6) is 0 Å². The fourth-order valence-corrected chi connectivity index (χ4v) is 2.87. The lowest BCUT2D eigenvalue weighted by molar-refractivity contribution is -0.120. The van der Waals surface area contributed by atoms with Crippen molar-refractivity contribution in [1.82, 2.24) is 0 Å². The summed E-state index contributed by atoms with van der Waals surface area (Å²) in [7, 11) is 0. The quantitative estimate of drug-likeness (QED) is 0.666. The average Bonchev–Trinajstić information content (AvgIpc) is 2.89. The van der Waals surface area contributed by atoms with Crippen LogP contribution in [-0.4, -0.2) is 37.5 Å². The minimum absolute atomic E-state index is 0.0678. The molecule has 2 aliphatic heterocycles. The van der Waals surface area contributed by atoms with Gasteiger partial charge in [-0.15, -0.1) is 0 Å². The Morgan fingerprint density at radius 3 is 3.05 bits per heavy atom. The zero-order chi connectivity index (χ0) is 14.9. The summed E-state index contributed by atoms with van der Waals surface area (Å²) in [5.74, 6) is -1.10. The van der Waals surface area contributed by atoms with Crippen LogP contribution in [0.25, 0.3) is 0 Å². The maximum Gasteiger partial charge on any atom is 0.340 e. The summed E-state index contributed by atoms with van der Waals surface area (Å²) < 4.78 is 29.9. The lowest BCUT2D eigenvalue weighted by Gasteiger charge is -2.36. The molecule has 114 valence electrons. The lowest BCUT2D eigenvalue weighted by Crippen LogP contribution is -2.43. The minimum Gasteiger partial charge on any atom is -0.459 e. The highest BCUT2D eigenvalue weighted by molar-refractivity contribution is 5.95. The van der Waals surface area contributed by atoms with Gasteiger partial charge >= 0.3 is 5.97 Å². The van der Waals surface area contributed by atoms with Gasteiger partial charge in [-0.2, -0.15) is 0 Å². The van der Waals surface area contributed by atoms with Crippen LogP contribution in [0, 0.1) is 5.82 Å². The predicted molar refractivity (Wildman–Crippen MR) is 73.4 cm³/mol. The van der Waals surface area contributed by atoms with E-state index in [0.29, 0.717) is 32.7 Å². The minimum atomic E-state index is -0.590. The highest BCUT2D eigenvalue weighted by atomic mass is 19.1. The number of benzene rings is 1. The van der Waals surface area contributed by atoms with Crippen LogP contribution in [0.4, 0.5) is 10.1 Å². The smallest absolute Gasteiger partial charge is 0.340 e. The first-order chi connectivity index (χ1) is 10.1. The van der Waals surface area contributed by atoms with Crippen LogP contribution in [0.1, 0.15) is 29.6 Å². The first kappa shape index (κ1) is 14.3. The van der Waals surface area contributed by atoms with Crippen molar-refractivity contribution >= 4 is 11.7 Å². The molecule has 2 fully saturated rings. The second kappa shape index (κ2) is 5.61. The van der Waals surface area contributed by atoms with E-state index in [-0.39, 0.29) is 23.0 Å². The maximum absolute atomic E-state index is 13.2. The molecule has 21 heavy (non-hydrogen) atoms. The van der Waals surface area contributed by atoms with Gasteiger partial charge in [-0.1, -0.05) is 0 Å². The monoisotopic (exact) mass is 295 g/mol. The molecule has 2 unspecified atom stereocenters.